The molecule has 0 unspecified atom stereocenters. The van der Waals surface area contributed by atoms with E-state index in [1.54, 1.807) is 0 Å². The molecule has 0 nitrogen and oxygen atoms in total. The van der Waals surface area contributed by atoms with E-state index in [9.17, 15) is 0 Å². The first-order chi connectivity index (χ1) is 27.8. The van der Waals surface area contributed by atoms with Crippen LogP contribution in [0.4, 0.5) is 0 Å². The van der Waals surface area contributed by atoms with Crippen LogP contribution in [0.1, 0.15) is 0 Å². The Morgan fingerprint density at radius 1 is 0.179 bits per heavy atom. The first-order valence-corrected chi connectivity index (χ1v) is 19.4. The van der Waals surface area contributed by atoms with Gasteiger partial charge in [-0.2, -0.15) is 0 Å². The van der Waals surface area contributed by atoms with Crippen molar-refractivity contribution >= 4 is 53.9 Å². The fourth-order valence-electron chi connectivity index (χ4n) is 9.10. The minimum absolute atomic E-state index is 1.19. The zero-order valence-corrected chi connectivity index (χ0v) is 30.8. The highest BCUT2D eigenvalue weighted by Crippen LogP contribution is 2.48. The van der Waals surface area contributed by atoms with Gasteiger partial charge in [0, 0.05) is 0 Å². The van der Waals surface area contributed by atoms with Crippen LogP contribution < -0.4 is 0 Å². The van der Waals surface area contributed by atoms with Gasteiger partial charge in [-0.25, -0.2) is 0 Å². The Morgan fingerprint density at radius 3 is 1.34 bits per heavy atom. The van der Waals surface area contributed by atoms with Crippen molar-refractivity contribution in [3.63, 3.8) is 0 Å². The highest BCUT2D eigenvalue weighted by molar-refractivity contribution is 6.23. The molecule has 0 heteroatoms. The van der Waals surface area contributed by atoms with Gasteiger partial charge in [0.25, 0.3) is 0 Å². The molecular weight excluding hydrogens is 673 g/mol. The molecule has 0 spiro atoms. The second-order valence-corrected chi connectivity index (χ2v) is 14.8. The summed E-state index contributed by atoms with van der Waals surface area (Å²) in [7, 11) is 0. The third kappa shape index (κ3) is 5.22. The van der Waals surface area contributed by atoms with Crippen molar-refractivity contribution in [2.45, 2.75) is 0 Å². The van der Waals surface area contributed by atoms with Gasteiger partial charge in [-0.3, -0.25) is 0 Å². The largest absolute Gasteiger partial charge is 0.0622 e. The molecule has 260 valence electrons. The average Bonchev–Trinajstić information content (AvgIpc) is 3.28. The zero-order valence-electron chi connectivity index (χ0n) is 30.8. The van der Waals surface area contributed by atoms with Gasteiger partial charge in [-0.05, 0) is 122 Å². The monoisotopic (exact) mass is 708 g/mol. The summed E-state index contributed by atoms with van der Waals surface area (Å²) in [6.07, 6.45) is 0. The second kappa shape index (κ2) is 13.2. The molecule has 0 aliphatic rings. The smallest absolute Gasteiger partial charge is 0.00199 e. The summed E-state index contributed by atoms with van der Waals surface area (Å²) in [6.45, 7) is 0. The van der Waals surface area contributed by atoms with Crippen LogP contribution in [0.2, 0.25) is 0 Å². The van der Waals surface area contributed by atoms with E-state index in [-0.39, 0.29) is 0 Å². The molecule has 0 aliphatic carbocycles. The molecular formula is C56H36. The summed E-state index contributed by atoms with van der Waals surface area (Å²) in [4.78, 5) is 0. The number of benzene rings is 11. The van der Waals surface area contributed by atoms with Gasteiger partial charge in [0.2, 0.25) is 0 Å². The maximum absolute atomic E-state index is 2.46. The van der Waals surface area contributed by atoms with E-state index in [0.717, 1.165) is 0 Å². The molecule has 0 saturated heterocycles. The lowest BCUT2D eigenvalue weighted by Crippen LogP contribution is -1.94. The van der Waals surface area contributed by atoms with E-state index in [4.69, 9.17) is 0 Å². The minimum atomic E-state index is 1.19. The maximum atomic E-state index is 2.46. The molecule has 0 radical (unpaired) electrons. The normalized spacial score (nSPS) is 11.6. The van der Waals surface area contributed by atoms with Gasteiger partial charge in [-0.1, -0.05) is 206 Å². The predicted molar refractivity (Wildman–Crippen MR) is 241 cm³/mol. The van der Waals surface area contributed by atoms with E-state index in [0.29, 0.717) is 0 Å². The first kappa shape index (κ1) is 32.2. The number of fused-ring (bicyclic) bond motifs is 6. The molecule has 11 aromatic rings. The van der Waals surface area contributed by atoms with Crippen molar-refractivity contribution in [2.24, 2.45) is 0 Å². The maximum Gasteiger partial charge on any atom is -0.00199 e. The number of hydrogen-bond acceptors (Lipinski definition) is 0. The fraction of sp³-hybridized carbons (Fsp3) is 0. The first-order valence-electron chi connectivity index (χ1n) is 19.4. The molecule has 0 aromatic heterocycles. The molecule has 0 aliphatic heterocycles. The van der Waals surface area contributed by atoms with E-state index in [1.165, 1.54) is 109 Å². The van der Waals surface area contributed by atoms with Crippen LogP contribution in [0.15, 0.2) is 218 Å². The number of rotatable bonds is 5. The topological polar surface area (TPSA) is 0 Å². The van der Waals surface area contributed by atoms with Crippen LogP contribution in [0.3, 0.4) is 0 Å². The Morgan fingerprint density at radius 2 is 0.661 bits per heavy atom. The van der Waals surface area contributed by atoms with Crippen molar-refractivity contribution < 1.29 is 0 Å². The summed E-state index contributed by atoms with van der Waals surface area (Å²) in [5, 5.41) is 12.6. The summed E-state index contributed by atoms with van der Waals surface area (Å²) < 4.78 is 0. The van der Waals surface area contributed by atoms with Crippen LogP contribution in [0, 0.1) is 0 Å². The van der Waals surface area contributed by atoms with Crippen LogP contribution in [-0.4, -0.2) is 0 Å². The Hall–Kier alpha value is -7.28. The van der Waals surface area contributed by atoms with Gasteiger partial charge in [-0.15, -0.1) is 0 Å². The van der Waals surface area contributed by atoms with Crippen LogP contribution in [-0.2, 0) is 0 Å². The van der Waals surface area contributed by atoms with Crippen LogP contribution >= 0.6 is 0 Å². The standard InChI is InChI=1S/C56H36/c1-2-16-40(17-3-1)55-49-24-10-12-26-51(49)56(52-27-13-11-25-50(52)55)54-36-42(53-35-41-18-5-7-21-45(41)47-22-8-9-23-48(47)53)33-34-46(54)39-31-29-38(30-32-39)44-28-14-19-37-15-4-6-20-43(37)44/h1-36H. The molecule has 11 rings (SSSR count). The number of hydrogen-bond donors (Lipinski definition) is 0. The van der Waals surface area contributed by atoms with E-state index < -0.39 is 0 Å². The highest BCUT2D eigenvalue weighted by atomic mass is 14.2. The van der Waals surface area contributed by atoms with Crippen molar-refractivity contribution in [3.8, 4) is 55.6 Å². The molecule has 11 aromatic carbocycles. The highest BCUT2D eigenvalue weighted by Gasteiger charge is 2.20. The lowest BCUT2D eigenvalue weighted by atomic mass is 9.82. The van der Waals surface area contributed by atoms with E-state index in [2.05, 4.69) is 218 Å². The van der Waals surface area contributed by atoms with E-state index >= 15 is 0 Å². The van der Waals surface area contributed by atoms with Gasteiger partial charge in [0.15, 0.2) is 0 Å². The molecule has 0 fully saturated rings. The quantitative estimate of drug-likeness (QED) is 0.123. The summed E-state index contributed by atoms with van der Waals surface area (Å²) >= 11 is 0. The predicted octanol–water partition coefficient (Wildman–Crippen LogP) is 15.8. The van der Waals surface area contributed by atoms with Gasteiger partial charge >= 0.3 is 0 Å². The second-order valence-electron chi connectivity index (χ2n) is 14.8. The summed E-state index contributed by atoms with van der Waals surface area (Å²) in [6, 6.07) is 80.4. The van der Waals surface area contributed by atoms with Crippen molar-refractivity contribution in [1.29, 1.82) is 0 Å². The van der Waals surface area contributed by atoms with Gasteiger partial charge in [0.05, 0.1) is 0 Å². The lowest BCUT2D eigenvalue weighted by Gasteiger charge is -2.21. The van der Waals surface area contributed by atoms with Crippen LogP contribution in [0.5, 0.6) is 0 Å². The fourth-order valence-corrected chi connectivity index (χ4v) is 9.10. The minimum Gasteiger partial charge on any atom is -0.0622 e. The summed E-state index contributed by atoms with van der Waals surface area (Å²) in [5.74, 6) is 0. The molecule has 0 saturated carbocycles. The molecule has 56 heavy (non-hydrogen) atoms. The van der Waals surface area contributed by atoms with Crippen molar-refractivity contribution in [1.82, 2.24) is 0 Å². The average molecular weight is 709 g/mol. The van der Waals surface area contributed by atoms with E-state index in [1.807, 2.05) is 0 Å². The molecule has 0 bridgehead atoms. The lowest BCUT2D eigenvalue weighted by molar-refractivity contribution is 1.59. The van der Waals surface area contributed by atoms with Crippen LogP contribution in [0.25, 0.3) is 109 Å². The van der Waals surface area contributed by atoms with Gasteiger partial charge in [0.1, 0.15) is 0 Å². The SMILES string of the molecule is c1ccc(-c2c3ccccc3c(-c3cc(-c4cc5ccccc5c5ccccc45)ccc3-c3ccc(-c4cccc5ccccc45)cc3)c3ccccc23)cc1. The summed E-state index contributed by atoms with van der Waals surface area (Å²) in [5.41, 5.74) is 12.3. The Bertz CT molecular complexity index is 3220. The third-order valence-electron chi connectivity index (χ3n) is 11.7. The molecule has 0 heterocycles. The third-order valence-corrected chi connectivity index (χ3v) is 11.7. The zero-order chi connectivity index (χ0) is 37.0. The Balaban J connectivity index is 1.20. The molecule has 0 atom stereocenters. The molecule has 0 amide bonds. The van der Waals surface area contributed by atoms with Gasteiger partial charge < -0.3 is 0 Å². The Labute approximate surface area is 326 Å². The van der Waals surface area contributed by atoms with Crippen molar-refractivity contribution in [2.75, 3.05) is 0 Å². The van der Waals surface area contributed by atoms with Crippen molar-refractivity contribution in [3.05, 3.63) is 218 Å². The Kier molecular flexibility index (Phi) is 7.60. The molecule has 0 N–H and O–H groups in total.